The third kappa shape index (κ3) is 6.03. The highest BCUT2D eigenvalue weighted by Crippen LogP contribution is 2.20. The van der Waals surface area contributed by atoms with Crippen LogP contribution in [0.3, 0.4) is 0 Å². The van der Waals surface area contributed by atoms with Gasteiger partial charge in [-0.15, -0.1) is 12.4 Å². The molecule has 1 unspecified atom stereocenters. The Hall–Kier alpha value is -0.320. The molecule has 5 heteroatoms. The molecule has 0 amide bonds. The fourth-order valence-corrected chi connectivity index (χ4v) is 1.71. The summed E-state index contributed by atoms with van der Waals surface area (Å²) >= 11 is 5.87. The Morgan fingerprint density at radius 3 is 2.44 bits per heavy atom. The van der Waals surface area contributed by atoms with Gasteiger partial charge < -0.3 is 10.5 Å². The maximum absolute atomic E-state index is 5.87. The van der Waals surface area contributed by atoms with Gasteiger partial charge in [-0.25, -0.2) is 0 Å². The summed E-state index contributed by atoms with van der Waals surface area (Å²) in [5.41, 5.74) is 6.62. The molecule has 1 rings (SSSR count). The maximum Gasteiger partial charge on any atom is 0.0594 e. The predicted molar refractivity (Wildman–Crippen MR) is 79.6 cm³/mol. The van der Waals surface area contributed by atoms with Gasteiger partial charge in [-0.2, -0.15) is 0 Å². The Morgan fingerprint density at radius 2 is 1.89 bits per heavy atom. The van der Waals surface area contributed by atoms with Crippen LogP contribution in [-0.2, 0) is 4.74 Å². The predicted octanol–water partition coefficient (Wildman–Crippen LogP) is 2.73. The lowest BCUT2D eigenvalue weighted by Crippen LogP contribution is -2.27. The Labute approximate surface area is 121 Å². The SMILES string of the molecule is CC(c1ccc(Cl)cc1)N(C)CCOCCN.Cl. The van der Waals surface area contributed by atoms with E-state index in [9.17, 15) is 0 Å². The Bertz CT molecular complexity index is 319. The van der Waals surface area contributed by atoms with E-state index in [-0.39, 0.29) is 12.4 Å². The molecular weight excluding hydrogens is 271 g/mol. The monoisotopic (exact) mass is 292 g/mol. The van der Waals surface area contributed by atoms with Crippen molar-refractivity contribution < 1.29 is 4.74 Å². The minimum atomic E-state index is 0. The number of benzene rings is 1. The van der Waals surface area contributed by atoms with Crippen LogP contribution in [0.15, 0.2) is 24.3 Å². The highest BCUT2D eigenvalue weighted by molar-refractivity contribution is 6.30. The molecule has 0 saturated carbocycles. The van der Waals surface area contributed by atoms with Crippen LogP contribution in [0.2, 0.25) is 5.02 Å². The van der Waals surface area contributed by atoms with Crippen molar-refractivity contribution >= 4 is 24.0 Å². The van der Waals surface area contributed by atoms with Crippen LogP contribution >= 0.6 is 24.0 Å². The number of halogens is 2. The number of hydrogen-bond donors (Lipinski definition) is 1. The van der Waals surface area contributed by atoms with E-state index in [1.165, 1.54) is 5.56 Å². The van der Waals surface area contributed by atoms with E-state index in [1.807, 2.05) is 12.1 Å². The van der Waals surface area contributed by atoms with Gasteiger partial charge in [-0.1, -0.05) is 23.7 Å². The molecule has 104 valence electrons. The van der Waals surface area contributed by atoms with Crippen molar-refractivity contribution in [3.8, 4) is 0 Å². The minimum absolute atomic E-state index is 0. The third-order valence-electron chi connectivity index (χ3n) is 2.86. The van der Waals surface area contributed by atoms with Gasteiger partial charge in [-0.3, -0.25) is 4.90 Å². The van der Waals surface area contributed by atoms with E-state index in [2.05, 4.69) is 31.0 Å². The summed E-state index contributed by atoms with van der Waals surface area (Å²) in [6.45, 7) is 4.99. The van der Waals surface area contributed by atoms with Gasteiger partial charge in [0.2, 0.25) is 0 Å². The molecule has 1 aromatic carbocycles. The Morgan fingerprint density at radius 1 is 1.28 bits per heavy atom. The standard InChI is InChI=1S/C13H21ClN2O.ClH/c1-11(12-3-5-13(14)6-4-12)16(2)8-10-17-9-7-15;/h3-6,11H,7-10,15H2,1-2H3;1H. The summed E-state index contributed by atoms with van der Waals surface area (Å²) in [5.74, 6) is 0. The molecule has 3 nitrogen and oxygen atoms in total. The van der Waals surface area contributed by atoms with E-state index in [4.69, 9.17) is 22.1 Å². The van der Waals surface area contributed by atoms with Crippen LogP contribution in [0, 0.1) is 0 Å². The highest BCUT2D eigenvalue weighted by Gasteiger charge is 2.10. The van der Waals surface area contributed by atoms with E-state index in [0.29, 0.717) is 25.8 Å². The topological polar surface area (TPSA) is 38.5 Å². The number of likely N-dealkylation sites (N-methyl/N-ethyl adjacent to an activating group) is 1. The molecule has 0 bridgehead atoms. The molecule has 1 aromatic rings. The number of nitrogens with zero attached hydrogens (tertiary/aromatic N) is 1. The van der Waals surface area contributed by atoms with Gasteiger partial charge >= 0.3 is 0 Å². The zero-order valence-electron chi connectivity index (χ0n) is 10.9. The third-order valence-corrected chi connectivity index (χ3v) is 3.12. The second-order valence-electron chi connectivity index (χ2n) is 4.11. The van der Waals surface area contributed by atoms with Crippen LogP contribution < -0.4 is 5.73 Å². The van der Waals surface area contributed by atoms with Crippen molar-refractivity contribution in [2.75, 3.05) is 33.4 Å². The highest BCUT2D eigenvalue weighted by atomic mass is 35.5. The quantitative estimate of drug-likeness (QED) is 0.786. The second kappa shape index (κ2) is 9.59. The first-order valence-corrected chi connectivity index (χ1v) is 6.26. The molecule has 2 N–H and O–H groups in total. The first-order chi connectivity index (χ1) is 8.15. The molecule has 0 aliphatic carbocycles. The smallest absolute Gasteiger partial charge is 0.0594 e. The fourth-order valence-electron chi connectivity index (χ4n) is 1.58. The molecule has 0 aromatic heterocycles. The number of rotatable bonds is 7. The molecule has 0 fully saturated rings. The van der Waals surface area contributed by atoms with E-state index >= 15 is 0 Å². The average molecular weight is 293 g/mol. The summed E-state index contributed by atoms with van der Waals surface area (Å²) in [6.07, 6.45) is 0. The molecule has 18 heavy (non-hydrogen) atoms. The zero-order chi connectivity index (χ0) is 12.7. The van der Waals surface area contributed by atoms with E-state index in [1.54, 1.807) is 0 Å². The molecule has 0 radical (unpaired) electrons. The zero-order valence-corrected chi connectivity index (χ0v) is 12.5. The van der Waals surface area contributed by atoms with Crippen LogP contribution in [0.4, 0.5) is 0 Å². The van der Waals surface area contributed by atoms with Gasteiger partial charge in [0.15, 0.2) is 0 Å². The first-order valence-electron chi connectivity index (χ1n) is 5.88. The van der Waals surface area contributed by atoms with Gasteiger partial charge in [-0.05, 0) is 31.7 Å². The molecule has 1 atom stereocenters. The largest absolute Gasteiger partial charge is 0.379 e. The summed E-state index contributed by atoms with van der Waals surface area (Å²) < 4.78 is 5.37. The van der Waals surface area contributed by atoms with Crippen molar-refractivity contribution in [1.82, 2.24) is 4.90 Å². The van der Waals surface area contributed by atoms with Crippen molar-refractivity contribution in [3.63, 3.8) is 0 Å². The van der Waals surface area contributed by atoms with Crippen molar-refractivity contribution in [2.24, 2.45) is 5.73 Å². The van der Waals surface area contributed by atoms with Crippen molar-refractivity contribution in [1.29, 1.82) is 0 Å². The molecule has 0 aliphatic rings. The van der Waals surface area contributed by atoms with Gasteiger partial charge in [0, 0.05) is 24.2 Å². The number of nitrogens with two attached hydrogens (primary N) is 1. The summed E-state index contributed by atoms with van der Waals surface area (Å²) in [4.78, 5) is 2.25. The molecular formula is C13H22Cl2N2O. The van der Waals surface area contributed by atoms with E-state index in [0.717, 1.165) is 11.6 Å². The molecule has 0 spiro atoms. The lowest BCUT2D eigenvalue weighted by Gasteiger charge is -2.25. The summed E-state index contributed by atoms with van der Waals surface area (Å²) in [7, 11) is 2.09. The van der Waals surface area contributed by atoms with Gasteiger partial charge in [0.05, 0.1) is 13.2 Å². The lowest BCUT2D eigenvalue weighted by atomic mass is 10.1. The molecule has 0 heterocycles. The van der Waals surface area contributed by atoms with Gasteiger partial charge in [0.25, 0.3) is 0 Å². The Kier molecular flexibility index (Phi) is 9.42. The van der Waals surface area contributed by atoms with E-state index < -0.39 is 0 Å². The minimum Gasteiger partial charge on any atom is -0.379 e. The van der Waals surface area contributed by atoms with Crippen LogP contribution in [0.5, 0.6) is 0 Å². The number of hydrogen-bond acceptors (Lipinski definition) is 3. The Balaban J connectivity index is 0.00000289. The lowest BCUT2D eigenvalue weighted by molar-refractivity contribution is 0.106. The van der Waals surface area contributed by atoms with Crippen LogP contribution in [-0.4, -0.2) is 38.3 Å². The normalized spacial score (nSPS) is 12.3. The summed E-state index contributed by atoms with van der Waals surface area (Å²) in [5, 5.41) is 0.773. The maximum atomic E-state index is 5.87. The van der Waals surface area contributed by atoms with Crippen LogP contribution in [0.25, 0.3) is 0 Å². The second-order valence-corrected chi connectivity index (χ2v) is 4.55. The summed E-state index contributed by atoms with van der Waals surface area (Å²) in [6, 6.07) is 8.32. The van der Waals surface area contributed by atoms with Crippen molar-refractivity contribution in [2.45, 2.75) is 13.0 Å². The molecule has 0 aliphatic heterocycles. The average Bonchev–Trinajstić information content (AvgIpc) is 2.34. The first kappa shape index (κ1) is 17.7. The van der Waals surface area contributed by atoms with Crippen LogP contribution in [0.1, 0.15) is 18.5 Å². The van der Waals surface area contributed by atoms with Gasteiger partial charge in [0.1, 0.15) is 0 Å². The molecule has 0 saturated heterocycles. The van der Waals surface area contributed by atoms with Crippen molar-refractivity contribution in [3.05, 3.63) is 34.9 Å². The fraction of sp³-hybridized carbons (Fsp3) is 0.538. The number of ether oxygens (including phenoxy) is 1.